The van der Waals surface area contributed by atoms with Gasteiger partial charge in [-0.1, -0.05) is 12.1 Å². The Morgan fingerprint density at radius 3 is 2.65 bits per heavy atom. The van der Waals surface area contributed by atoms with Gasteiger partial charge in [-0.15, -0.1) is 0 Å². The molecule has 1 aromatic heterocycles. The second-order valence-electron chi connectivity index (χ2n) is 4.98. The average Bonchev–Trinajstić information content (AvgIpc) is 2.51. The molecule has 2 rings (SSSR count). The number of ether oxygens (including phenoxy) is 1. The summed E-state index contributed by atoms with van der Waals surface area (Å²) in [6, 6.07) is 9.79. The van der Waals surface area contributed by atoms with E-state index in [2.05, 4.69) is 5.32 Å². The minimum atomic E-state index is -0.504. The van der Waals surface area contributed by atoms with Crippen LogP contribution in [0, 0.1) is 6.92 Å². The quantitative estimate of drug-likeness (QED) is 0.856. The maximum absolute atomic E-state index is 12.1. The summed E-state index contributed by atoms with van der Waals surface area (Å²) in [6.45, 7) is 3.64. The molecule has 23 heavy (non-hydrogen) atoms. The maximum Gasteiger partial charge on any atom is 0.340 e. The van der Waals surface area contributed by atoms with Crippen LogP contribution in [0.1, 0.15) is 22.8 Å². The third-order valence-electron chi connectivity index (χ3n) is 3.16. The number of hydrogen-bond donors (Lipinski definition) is 1. The van der Waals surface area contributed by atoms with Gasteiger partial charge in [0.25, 0.3) is 5.56 Å². The van der Waals surface area contributed by atoms with Crippen molar-refractivity contribution in [1.29, 1.82) is 0 Å². The number of amides is 1. The molecule has 0 aliphatic heterocycles. The maximum atomic E-state index is 12.1. The number of nitrogens with zero attached hydrogens (tertiary/aromatic N) is 1. The lowest BCUT2D eigenvalue weighted by molar-refractivity contribution is -0.116. The topological polar surface area (TPSA) is 77.4 Å². The van der Waals surface area contributed by atoms with E-state index < -0.39 is 11.9 Å². The highest BCUT2D eigenvalue weighted by atomic mass is 16.5. The Balaban J connectivity index is 2.14. The van der Waals surface area contributed by atoms with E-state index in [-0.39, 0.29) is 24.3 Å². The van der Waals surface area contributed by atoms with Gasteiger partial charge in [0.15, 0.2) is 0 Å². The number of aryl methyl sites for hydroxylation is 1. The highest BCUT2D eigenvalue weighted by molar-refractivity contribution is 6.01. The van der Waals surface area contributed by atoms with Crippen LogP contribution in [-0.4, -0.2) is 23.1 Å². The first-order valence-corrected chi connectivity index (χ1v) is 7.24. The Labute approximate surface area is 133 Å². The molecule has 1 amide bonds. The Kier molecular flexibility index (Phi) is 5.30. The van der Waals surface area contributed by atoms with Crippen LogP contribution >= 0.6 is 0 Å². The number of anilines is 1. The molecule has 0 radical (unpaired) electrons. The molecule has 0 spiro atoms. The number of pyridine rings is 1. The van der Waals surface area contributed by atoms with Crippen LogP contribution in [0.3, 0.4) is 0 Å². The first-order chi connectivity index (χ1) is 11.0. The van der Waals surface area contributed by atoms with E-state index in [0.717, 1.165) is 5.56 Å². The predicted octanol–water partition coefficient (Wildman–Crippen LogP) is 1.97. The van der Waals surface area contributed by atoms with Crippen LogP contribution in [0.15, 0.2) is 47.4 Å². The molecule has 0 aliphatic rings. The van der Waals surface area contributed by atoms with Gasteiger partial charge in [0, 0.05) is 12.3 Å². The van der Waals surface area contributed by atoms with Crippen LogP contribution in [-0.2, 0) is 16.1 Å². The van der Waals surface area contributed by atoms with Crippen LogP contribution in [0.5, 0.6) is 0 Å². The summed E-state index contributed by atoms with van der Waals surface area (Å²) >= 11 is 0. The lowest BCUT2D eigenvalue weighted by atomic mass is 10.2. The first-order valence-electron chi connectivity index (χ1n) is 7.24. The van der Waals surface area contributed by atoms with Gasteiger partial charge in [0.2, 0.25) is 5.91 Å². The molecule has 0 atom stereocenters. The molecular formula is C17H18N2O4. The summed E-state index contributed by atoms with van der Waals surface area (Å²) in [4.78, 5) is 35.8. The monoisotopic (exact) mass is 314 g/mol. The van der Waals surface area contributed by atoms with Gasteiger partial charge in [-0.3, -0.25) is 9.59 Å². The van der Waals surface area contributed by atoms with Crippen molar-refractivity contribution in [3.63, 3.8) is 0 Å². The number of hydrogen-bond acceptors (Lipinski definition) is 4. The van der Waals surface area contributed by atoms with E-state index in [1.54, 1.807) is 50.4 Å². The minimum absolute atomic E-state index is 0.129. The van der Waals surface area contributed by atoms with Gasteiger partial charge in [0.05, 0.1) is 17.9 Å². The van der Waals surface area contributed by atoms with Gasteiger partial charge >= 0.3 is 5.97 Å². The minimum Gasteiger partial charge on any atom is -0.462 e. The van der Waals surface area contributed by atoms with E-state index in [1.807, 2.05) is 0 Å². The lowest BCUT2D eigenvalue weighted by Gasteiger charge is -2.11. The van der Waals surface area contributed by atoms with Crippen molar-refractivity contribution >= 4 is 17.6 Å². The number of aromatic nitrogens is 1. The van der Waals surface area contributed by atoms with Gasteiger partial charge in [-0.2, -0.15) is 0 Å². The molecule has 0 unspecified atom stereocenters. The summed E-state index contributed by atoms with van der Waals surface area (Å²) < 4.78 is 6.26. The van der Waals surface area contributed by atoms with E-state index in [9.17, 15) is 14.4 Å². The molecule has 0 saturated heterocycles. The van der Waals surface area contributed by atoms with Crippen molar-refractivity contribution in [1.82, 2.24) is 4.57 Å². The van der Waals surface area contributed by atoms with Crippen molar-refractivity contribution in [3.05, 3.63) is 64.1 Å². The number of nitrogens with one attached hydrogen (secondary N) is 1. The lowest BCUT2D eigenvalue weighted by Crippen LogP contribution is -2.27. The number of carbonyl (C=O) groups excluding carboxylic acids is 2. The number of benzene rings is 1. The van der Waals surface area contributed by atoms with Crippen molar-refractivity contribution in [3.8, 4) is 0 Å². The van der Waals surface area contributed by atoms with Crippen LogP contribution in [0.25, 0.3) is 0 Å². The normalized spacial score (nSPS) is 10.2. The highest BCUT2D eigenvalue weighted by Gasteiger charge is 2.14. The molecule has 0 fully saturated rings. The fourth-order valence-corrected chi connectivity index (χ4v) is 2.06. The van der Waals surface area contributed by atoms with Gasteiger partial charge in [0.1, 0.15) is 6.54 Å². The molecular weight excluding hydrogens is 296 g/mol. The zero-order valence-corrected chi connectivity index (χ0v) is 13.0. The standard InChI is InChI=1S/C17H18N2O4/c1-3-23-17(22)13-6-4-5-7-14(13)18-15(20)11-19-9-8-12(2)10-16(19)21/h4-10H,3,11H2,1-2H3,(H,18,20). The molecule has 6 heteroatoms. The SMILES string of the molecule is CCOC(=O)c1ccccc1NC(=O)Cn1ccc(C)cc1=O. The molecule has 0 saturated carbocycles. The van der Waals surface area contributed by atoms with Crippen LogP contribution in [0.2, 0.25) is 0 Å². The largest absolute Gasteiger partial charge is 0.462 e. The first kappa shape index (κ1) is 16.5. The second-order valence-corrected chi connectivity index (χ2v) is 4.98. The fraction of sp³-hybridized carbons (Fsp3) is 0.235. The van der Waals surface area contributed by atoms with Crippen molar-refractivity contribution in [2.24, 2.45) is 0 Å². The fourth-order valence-electron chi connectivity index (χ4n) is 2.06. The van der Waals surface area contributed by atoms with E-state index in [0.29, 0.717) is 5.69 Å². The van der Waals surface area contributed by atoms with Crippen molar-refractivity contribution in [2.75, 3.05) is 11.9 Å². The molecule has 1 N–H and O–H groups in total. The molecule has 1 aromatic carbocycles. The third-order valence-corrected chi connectivity index (χ3v) is 3.16. The molecule has 1 heterocycles. The number of para-hydroxylation sites is 1. The van der Waals surface area contributed by atoms with Crippen molar-refractivity contribution < 1.29 is 14.3 Å². The van der Waals surface area contributed by atoms with Crippen molar-refractivity contribution in [2.45, 2.75) is 20.4 Å². The summed E-state index contributed by atoms with van der Waals surface area (Å²) in [7, 11) is 0. The molecule has 2 aromatic rings. The number of carbonyl (C=O) groups is 2. The second kappa shape index (κ2) is 7.40. The van der Waals surface area contributed by atoms with E-state index >= 15 is 0 Å². The summed E-state index contributed by atoms with van der Waals surface area (Å²) in [6.07, 6.45) is 1.56. The predicted molar refractivity (Wildman–Crippen MR) is 86.5 cm³/mol. The van der Waals surface area contributed by atoms with Gasteiger partial charge in [-0.25, -0.2) is 4.79 Å². The number of esters is 1. The van der Waals surface area contributed by atoms with E-state index in [4.69, 9.17) is 4.74 Å². The molecule has 0 aliphatic carbocycles. The Hall–Kier alpha value is -2.89. The zero-order valence-electron chi connectivity index (χ0n) is 13.0. The van der Waals surface area contributed by atoms with Crippen LogP contribution < -0.4 is 10.9 Å². The summed E-state index contributed by atoms with van der Waals surface area (Å²) in [5, 5.41) is 2.64. The molecule has 6 nitrogen and oxygen atoms in total. The van der Waals surface area contributed by atoms with Gasteiger partial charge in [-0.05, 0) is 37.6 Å². The smallest absolute Gasteiger partial charge is 0.340 e. The Morgan fingerprint density at radius 1 is 1.22 bits per heavy atom. The van der Waals surface area contributed by atoms with Crippen LogP contribution in [0.4, 0.5) is 5.69 Å². The highest BCUT2D eigenvalue weighted by Crippen LogP contribution is 2.16. The Bertz CT molecular complexity index is 780. The van der Waals surface area contributed by atoms with E-state index in [1.165, 1.54) is 10.6 Å². The average molecular weight is 314 g/mol. The third kappa shape index (κ3) is 4.29. The Morgan fingerprint density at radius 2 is 1.96 bits per heavy atom. The summed E-state index contributed by atoms with van der Waals surface area (Å²) in [5.74, 6) is -0.899. The molecule has 120 valence electrons. The van der Waals surface area contributed by atoms with Gasteiger partial charge < -0.3 is 14.6 Å². The zero-order chi connectivity index (χ0) is 16.8. The number of rotatable bonds is 5. The summed E-state index contributed by atoms with van der Waals surface area (Å²) in [5.41, 5.74) is 1.22. The molecule has 0 bridgehead atoms.